The zero-order valence-electron chi connectivity index (χ0n) is 11.0. The van der Waals surface area contributed by atoms with E-state index in [1.54, 1.807) is 0 Å². The van der Waals surface area contributed by atoms with E-state index < -0.39 is 19.0 Å². The first kappa shape index (κ1) is 17.6. The molecule has 0 bridgehead atoms. The molecular weight excluding hydrogens is 250 g/mol. The Morgan fingerprint density at radius 1 is 1.17 bits per heavy atom. The van der Waals surface area contributed by atoms with E-state index in [1.807, 2.05) is 6.92 Å². The van der Waals surface area contributed by atoms with E-state index in [2.05, 4.69) is 12.2 Å². The lowest BCUT2D eigenvalue weighted by atomic mass is 10.1. The summed E-state index contributed by atoms with van der Waals surface area (Å²) in [5, 5.41) is 3.10. The third-order valence-corrected chi connectivity index (χ3v) is 2.58. The predicted octanol–water partition coefficient (Wildman–Crippen LogP) is 3.46. The van der Waals surface area contributed by atoms with Crippen LogP contribution in [0.3, 0.4) is 0 Å². The molecule has 0 amide bonds. The number of ether oxygens (including phenoxy) is 1. The van der Waals surface area contributed by atoms with Gasteiger partial charge in [0.1, 0.15) is 6.61 Å². The van der Waals surface area contributed by atoms with E-state index >= 15 is 0 Å². The summed E-state index contributed by atoms with van der Waals surface area (Å²) in [7, 11) is 0. The molecule has 110 valence electrons. The first-order valence-corrected chi connectivity index (χ1v) is 6.41. The van der Waals surface area contributed by atoms with E-state index in [0.717, 1.165) is 25.7 Å². The Hall–Kier alpha value is -0.360. The first-order chi connectivity index (χ1) is 8.44. The molecule has 2 nitrogen and oxygen atoms in total. The van der Waals surface area contributed by atoms with Gasteiger partial charge in [0, 0.05) is 6.04 Å². The van der Waals surface area contributed by atoms with Crippen molar-refractivity contribution in [2.75, 3.05) is 19.8 Å². The lowest BCUT2D eigenvalue weighted by molar-refractivity contribution is -0.167. The molecule has 0 aromatic rings. The monoisotopic (exact) mass is 273 g/mol. The number of hydrogen-bond acceptors (Lipinski definition) is 2. The largest absolute Gasteiger partial charge is 0.373 e. The molecule has 1 N–H and O–H groups in total. The standard InChI is InChI=1S/C12H23F4NO/c1-3-5-6-7-10(17-4-2)8-18-9-12(15,16)11(13)14/h10-11,17H,3-9H2,1-2H3. The summed E-state index contributed by atoms with van der Waals surface area (Å²) < 4.78 is 53.7. The fourth-order valence-corrected chi connectivity index (χ4v) is 1.57. The molecule has 18 heavy (non-hydrogen) atoms. The van der Waals surface area contributed by atoms with Gasteiger partial charge >= 0.3 is 12.3 Å². The molecule has 6 heteroatoms. The van der Waals surface area contributed by atoms with Crippen LogP contribution in [0.15, 0.2) is 0 Å². The van der Waals surface area contributed by atoms with Gasteiger partial charge in [0.15, 0.2) is 0 Å². The Labute approximate surface area is 106 Å². The highest BCUT2D eigenvalue weighted by atomic mass is 19.3. The van der Waals surface area contributed by atoms with Gasteiger partial charge in [-0.15, -0.1) is 0 Å². The lowest BCUT2D eigenvalue weighted by Gasteiger charge is -2.20. The van der Waals surface area contributed by atoms with E-state index in [4.69, 9.17) is 4.74 Å². The quantitative estimate of drug-likeness (QED) is 0.460. The fourth-order valence-electron chi connectivity index (χ4n) is 1.57. The molecule has 0 rings (SSSR count). The van der Waals surface area contributed by atoms with Crippen LogP contribution in [-0.2, 0) is 4.74 Å². The smallest absolute Gasteiger partial charge is 0.330 e. The first-order valence-electron chi connectivity index (χ1n) is 6.41. The van der Waals surface area contributed by atoms with Gasteiger partial charge in [-0.1, -0.05) is 33.1 Å². The van der Waals surface area contributed by atoms with Crippen LogP contribution in [0.25, 0.3) is 0 Å². The van der Waals surface area contributed by atoms with Gasteiger partial charge in [-0.25, -0.2) is 8.78 Å². The molecule has 0 aromatic carbocycles. The Kier molecular flexibility index (Phi) is 9.36. The van der Waals surface area contributed by atoms with Crippen LogP contribution >= 0.6 is 0 Å². The normalized spacial score (nSPS) is 14.2. The van der Waals surface area contributed by atoms with Gasteiger partial charge in [0.05, 0.1) is 6.61 Å². The van der Waals surface area contributed by atoms with Crippen molar-refractivity contribution in [3.05, 3.63) is 0 Å². The van der Waals surface area contributed by atoms with Gasteiger partial charge in [-0.2, -0.15) is 8.78 Å². The Morgan fingerprint density at radius 2 is 1.83 bits per heavy atom. The summed E-state index contributed by atoms with van der Waals surface area (Å²) in [6, 6.07) is -0.0463. The summed E-state index contributed by atoms with van der Waals surface area (Å²) in [5.74, 6) is -4.06. The van der Waals surface area contributed by atoms with Gasteiger partial charge in [0.2, 0.25) is 0 Å². The summed E-state index contributed by atoms with van der Waals surface area (Å²) in [4.78, 5) is 0. The Bertz CT molecular complexity index is 203. The molecule has 1 unspecified atom stereocenters. The van der Waals surface area contributed by atoms with Crippen LogP contribution < -0.4 is 5.32 Å². The number of halogens is 4. The van der Waals surface area contributed by atoms with E-state index in [-0.39, 0.29) is 12.6 Å². The molecule has 0 saturated heterocycles. The highest BCUT2D eigenvalue weighted by Crippen LogP contribution is 2.22. The van der Waals surface area contributed by atoms with E-state index in [0.29, 0.717) is 6.54 Å². The van der Waals surface area contributed by atoms with Gasteiger partial charge in [-0.3, -0.25) is 0 Å². The number of unbranched alkanes of at least 4 members (excludes halogenated alkanes) is 2. The van der Waals surface area contributed by atoms with Crippen LogP contribution in [0.2, 0.25) is 0 Å². The molecular formula is C12H23F4NO. The second kappa shape index (κ2) is 9.55. The van der Waals surface area contributed by atoms with Gasteiger partial charge in [-0.05, 0) is 13.0 Å². The molecule has 0 aliphatic carbocycles. The van der Waals surface area contributed by atoms with Crippen molar-refractivity contribution in [2.45, 2.75) is 57.9 Å². The number of alkyl halides is 4. The number of rotatable bonds is 11. The van der Waals surface area contributed by atoms with Crippen LogP contribution in [0.5, 0.6) is 0 Å². The average Bonchev–Trinajstić information content (AvgIpc) is 2.29. The maximum absolute atomic E-state index is 12.6. The molecule has 0 spiro atoms. The summed E-state index contributed by atoms with van der Waals surface area (Å²) in [6.07, 6.45) is 0.248. The summed E-state index contributed by atoms with van der Waals surface area (Å²) >= 11 is 0. The minimum atomic E-state index is -4.06. The SMILES string of the molecule is CCCCCC(COCC(F)(F)C(F)F)NCC. The lowest BCUT2D eigenvalue weighted by Crippen LogP contribution is -2.37. The van der Waals surface area contributed by atoms with Crippen molar-refractivity contribution >= 4 is 0 Å². The Balaban J connectivity index is 3.88. The van der Waals surface area contributed by atoms with Crippen molar-refractivity contribution in [1.29, 1.82) is 0 Å². The van der Waals surface area contributed by atoms with Crippen LogP contribution in [0.1, 0.15) is 39.5 Å². The fraction of sp³-hybridized carbons (Fsp3) is 1.00. The topological polar surface area (TPSA) is 21.3 Å². The highest BCUT2D eigenvalue weighted by molar-refractivity contribution is 4.70. The van der Waals surface area contributed by atoms with Crippen molar-refractivity contribution < 1.29 is 22.3 Å². The molecule has 0 aromatic heterocycles. The van der Waals surface area contributed by atoms with E-state index in [9.17, 15) is 17.6 Å². The second-order valence-corrected chi connectivity index (χ2v) is 4.33. The van der Waals surface area contributed by atoms with Crippen molar-refractivity contribution in [1.82, 2.24) is 5.32 Å². The number of nitrogens with one attached hydrogen (secondary N) is 1. The third-order valence-electron chi connectivity index (χ3n) is 2.58. The molecule has 0 heterocycles. The second-order valence-electron chi connectivity index (χ2n) is 4.33. The van der Waals surface area contributed by atoms with E-state index in [1.165, 1.54) is 0 Å². The van der Waals surface area contributed by atoms with Gasteiger partial charge < -0.3 is 10.1 Å². The summed E-state index contributed by atoms with van der Waals surface area (Å²) in [6.45, 7) is 3.49. The predicted molar refractivity (Wildman–Crippen MR) is 63.4 cm³/mol. The van der Waals surface area contributed by atoms with Crippen molar-refractivity contribution in [2.24, 2.45) is 0 Å². The van der Waals surface area contributed by atoms with Gasteiger partial charge in [0.25, 0.3) is 0 Å². The molecule has 0 saturated carbocycles. The maximum Gasteiger partial charge on any atom is 0.330 e. The molecule has 0 radical (unpaired) electrons. The molecule has 0 fully saturated rings. The third kappa shape index (κ3) is 7.87. The minimum absolute atomic E-state index is 0.0415. The minimum Gasteiger partial charge on any atom is -0.373 e. The summed E-state index contributed by atoms with van der Waals surface area (Å²) in [5.41, 5.74) is 0. The highest BCUT2D eigenvalue weighted by Gasteiger charge is 2.41. The zero-order valence-corrected chi connectivity index (χ0v) is 11.0. The maximum atomic E-state index is 12.6. The molecule has 0 aliphatic rings. The van der Waals surface area contributed by atoms with Crippen molar-refractivity contribution in [3.8, 4) is 0 Å². The van der Waals surface area contributed by atoms with Crippen molar-refractivity contribution in [3.63, 3.8) is 0 Å². The molecule has 0 aliphatic heterocycles. The van der Waals surface area contributed by atoms with Crippen LogP contribution in [-0.4, -0.2) is 38.1 Å². The van der Waals surface area contributed by atoms with Crippen LogP contribution in [0.4, 0.5) is 17.6 Å². The Morgan fingerprint density at radius 3 is 2.33 bits per heavy atom. The average molecular weight is 273 g/mol. The number of likely N-dealkylation sites (N-methyl/N-ethyl adjacent to an activating group) is 1. The molecule has 1 atom stereocenters. The number of hydrogen-bond donors (Lipinski definition) is 1. The van der Waals surface area contributed by atoms with Crippen LogP contribution in [0, 0.1) is 0 Å². The zero-order chi connectivity index (χ0) is 14.0.